The number of carbonyl (C=O) groups excluding carboxylic acids is 3. The van der Waals surface area contributed by atoms with E-state index < -0.39 is 29.5 Å². The van der Waals surface area contributed by atoms with Gasteiger partial charge in [0.1, 0.15) is 0 Å². The van der Waals surface area contributed by atoms with Crippen LogP contribution in [0.25, 0.3) is 0 Å². The fourth-order valence-electron chi connectivity index (χ4n) is 2.90. The summed E-state index contributed by atoms with van der Waals surface area (Å²) >= 11 is 0. The van der Waals surface area contributed by atoms with E-state index in [2.05, 4.69) is 0 Å². The first-order valence-corrected chi connectivity index (χ1v) is 7.58. The molecule has 1 N–H and O–H groups in total. The molecule has 0 saturated heterocycles. The fourth-order valence-corrected chi connectivity index (χ4v) is 2.90. The Morgan fingerprint density at radius 1 is 1.09 bits per heavy atom. The van der Waals surface area contributed by atoms with Gasteiger partial charge in [-0.25, -0.2) is 0 Å². The third-order valence-corrected chi connectivity index (χ3v) is 4.18. The van der Waals surface area contributed by atoms with Crippen LogP contribution in [0.3, 0.4) is 0 Å². The molecule has 1 aromatic carbocycles. The van der Waals surface area contributed by atoms with Gasteiger partial charge in [0.15, 0.2) is 17.5 Å². The van der Waals surface area contributed by atoms with Crippen LogP contribution in [0, 0.1) is 5.92 Å². The molecule has 118 valence electrons. The van der Waals surface area contributed by atoms with E-state index in [-0.39, 0.29) is 6.04 Å². The number of allylic oxidation sites excluding steroid dienone is 1. The SMILES string of the molecule is O=C1C=CN([C@H]2C=C[C@H](O)CC2)C(=O)C1C(=O)c1ccccc1. The molecule has 0 aromatic heterocycles. The Bertz CT molecular complexity index is 692. The van der Waals surface area contributed by atoms with Gasteiger partial charge >= 0.3 is 0 Å². The molecule has 1 amide bonds. The topological polar surface area (TPSA) is 74.7 Å². The maximum atomic E-state index is 12.7. The number of aliphatic hydroxyl groups excluding tert-OH is 1. The number of hydrogen-bond donors (Lipinski definition) is 1. The van der Waals surface area contributed by atoms with Crippen molar-refractivity contribution in [2.75, 3.05) is 0 Å². The Balaban J connectivity index is 1.86. The molecule has 0 fully saturated rings. The Labute approximate surface area is 133 Å². The van der Waals surface area contributed by atoms with Gasteiger partial charge in [-0.15, -0.1) is 0 Å². The number of benzene rings is 1. The van der Waals surface area contributed by atoms with Crippen LogP contribution < -0.4 is 0 Å². The van der Waals surface area contributed by atoms with Crippen LogP contribution in [0.15, 0.2) is 54.8 Å². The van der Waals surface area contributed by atoms with Gasteiger partial charge in [0, 0.05) is 11.8 Å². The molecule has 3 atom stereocenters. The molecular formula is C18H17NO4. The number of amides is 1. The minimum atomic E-state index is -1.32. The quantitative estimate of drug-likeness (QED) is 0.521. The van der Waals surface area contributed by atoms with E-state index in [0.717, 1.165) is 0 Å². The molecule has 0 spiro atoms. The van der Waals surface area contributed by atoms with E-state index in [9.17, 15) is 19.5 Å². The zero-order chi connectivity index (χ0) is 16.4. The monoisotopic (exact) mass is 311 g/mol. The molecule has 1 unspecified atom stereocenters. The van der Waals surface area contributed by atoms with Gasteiger partial charge in [-0.3, -0.25) is 14.4 Å². The highest BCUT2D eigenvalue weighted by atomic mass is 16.3. The molecule has 0 saturated carbocycles. The molecule has 5 nitrogen and oxygen atoms in total. The van der Waals surface area contributed by atoms with Gasteiger partial charge in [-0.2, -0.15) is 0 Å². The number of carbonyl (C=O) groups is 3. The van der Waals surface area contributed by atoms with Crippen molar-refractivity contribution in [1.29, 1.82) is 0 Å². The van der Waals surface area contributed by atoms with Crippen molar-refractivity contribution in [2.24, 2.45) is 5.92 Å². The lowest BCUT2D eigenvalue weighted by Gasteiger charge is -2.33. The molecule has 0 bridgehead atoms. The highest BCUT2D eigenvalue weighted by Crippen LogP contribution is 2.24. The Morgan fingerprint density at radius 3 is 2.48 bits per heavy atom. The average molecular weight is 311 g/mol. The molecule has 1 aliphatic heterocycles. The van der Waals surface area contributed by atoms with Gasteiger partial charge in [-0.05, 0) is 18.9 Å². The van der Waals surface area contributed by atoms with Crippen LogP contribution >= 0.6 is 0 Å². The van der Waals surface area contributed by atoms with Crippen LogP contribution in [0.1, 0.15) is 23.2 Å². The van der Waals surface area contributed by atoms with Gasteiger partial charge < -0.3 is 10.0 Å². The second-order valence-electron chi connectivity index (χ2n) is 5.72. The molecule has 3 rings (SSSR count). The normalized spacial score (nSPS) is 27.3. The largest absolute Gasteiger partial charge is 0.389 e. The average Bonchev–Trinajstić information content (AvgIpc) is 2.57. The fraction of sp³-hybridized carbons (Fsp3) is 0.278. The summed E-state index contributed by atoms with van der Waals surface area (Å²) in [4.78, 5) is 38.7. The zero-order valence-corrected chi connectivity index (χ0v) is 12.5. The first-order chi connectivity index (χ1) is 11.1. The standard InChI is InChI=1S/C18H17NO4/c20-14-8-6-13(7-9-14)19-11-10-15(21)16(18(19)23)17(22)12-4-2-1-3-5-12/h1-6,8,10-11,13-14,16,20H,7,9H2/t13-,14-,16?/m0/s1. The molecular weight excluding hydrogens is 294 g/mol. The first-order valence-electron chi connectivity index (χ1n) is 7.58. The summed E-state index contributed by atoms with van der Waals surface area (Å²) in [6, 6.07) is 8.13. The van der Waals surface area contributed by atoms with E-state index in [1.807, 2.05) is 0 Å². The lowest BCUT2D eigenvalue weighted by atomic mass is 9.88. The second-order valence-corrected chi connectivity index (χ2v) is 5.72. The number of aliphatic hydroxyl groups is 1. The number of rotatable bonds is 3. The lowest BCUT2D eigenvalue weighted by Crippen LogP contribution is -2.48. The number of hydrogen-bond acceptors (Lipinski definition) is 4. The minimum absolute atomic E-state index is 0.235. The Kier molecular flexibility index (Phi) is 4.21. The van der Waals surface area contributed by atoms with E-state index in [0.29, 0.717) is 18.4 Å². The van der Waals surface area contributed by atoms with E-state index >= 15 is 0 Å². The molecule has 0 radical (unpaired) electrons. The van der Waals surface area contributed by atoms with Crippen LogP contribution in [0.5, 0.6) is 0 Å². The summed E-state index contributed by atoms with van der Waals surface area (Å²) in [5.74, 6) is -2.78. The maximum Gasteiger partial charge on any atom is 0.245 e. The predicted molar refractivity (Wildman–Crippen MR) is 83.4 cm³/mol. The van der Waals surface area contributed by atoms with Crippen LogP contribution in [0.4, 0.5) is 0 Å². The molecule has 2 aliphatic rings. The van der Waals surface area contributed by atoms with Crippen molar-refractivity contribution in [3.63, 3.8) is 0 Å². The summed E-state index contributed by atoms with van der Waals surface area (Å²) in [6.45, 7) is 0. The lowest BCUT2D eigenvalue weighted by molar-refractivity contribution is -0.138. The smallest absolute Gasteiger partial charge is 0.245 e. The van der Waals surface area contributed by atoms with Crippen LogP contribution in [-0.4, -0.2) is 39.6 Å². The van der Waals surface area contributed by atoms with Crippen molar-refractivity contribution in [3.05, 3.63) is 60.3 Å². The third-order valence-electron chi connectivity index (χ3n) is 4.18. The summed E-state index contributed by atoms with van der Waals surface area (Å²) in [6.07, 6.45) is 6.74. The summed E-state index contributed by atoms with van der Waals surface area (Å²) in [7, 11) is 0. The molecule has 1 heterocycles. The van der Waals surface area contributed by atoms with Gasteiger partial charge in [-0.1, -0.05) is 42.5 Å². The Hall–Kier alpha value is -2.53. The van der Waals surface area contributed by atoms with Gasteiger partial charge in [0.05, 0.1) is 12.1 Å². The van der Waals surface area contributed by atoms with Crippen molar-refractivity contribution >= 4 is 17.5 Å². The molecule has 1 aliphatic carbocycles. The van der Waals surface area contributed by atoms with Crippen molar-refractivity contribution in [2.45, 2.75) is 25.0 Å². The molecule has 1 aromatic rings. The number of ketones is 2. The van der Waals surface area contributed by atoms with Crippen LogP contribution in [-0.2, 0) is 9.59 Å². The van der Waals surface area contributed by atoms with E-state index in [1.165, 1.54) is 17.2 Å². The molecule has 5 heteroatoms. The predicted octanol–water partition coefficient (Wildman–Crippen LogP) is 1.49. The van der Waals surface area contributed by atoms with E-state index in [4.69, 9.17) is 0 Å². The highest BCUT2D eigenvalue weighted by Gasteiger charge is 2.40. The highest BCUT2D eigenvalue weighted by molar-refractivity contribution is 6.27. The number of nitrogens with zero attached hydrogens (tertiary/aromatic N) is 1. The zero-order valence-electron chi connectivity index (χ0n) is 12.5. The third kappa shape index (κ3) is 3.00. The maximum absolute atomic E-state index is 12.7. The minimum Gasteiger partial charge on any atom is -0.389 e. The molecule has 23 heavy (non-hydrogen) atoms. The number of Topliss-reactive ketones (excluding diaryl/α,β-unsaturated/α-hetero) is 1. The van der Waals surface area contributed by atoms with Gasteiger partial charge in [0.2, 0.25) is 5.91 Å². The van der Waals surface area contributed by atoms with Crippen molar-refractivity contribution in [1.82, 2.24) is 4.90 Å². The summed E-state index contributed by atoms with van der Waals surface area (Å²) in [5, 5.41) is 9.51. The summed E-state index contributed by atoms with van der Waals surface area (Å²) < 4.78 is 0. The summed E-state index contributed by atoms with van der Waals surface area (Å²) in [5.41, 5.74) is 0.351. The van der Waals surface area contributed by atoms with Crippen molar-refractivity contribution in [3.8, 4) is 0 Å². The van der Waals surface area contributed by atoms with E-state index in [1.54, 1.807) is 42.5 Å². The second kappa shape index (κ2) is 6.30. The van der Waals surface area contributed by atoms with Crippen LogP contribution in [0.2, 0.25) is 0 Å². The van der Waals surface area contributed by atoms with Crippen molar-refractivity contribution < 1.29 is 19.5 Å². The van der Waals surface area contributed by atoms with Gasteiger partial charge in [0.25, 0.3) is 0 Å². The first kappa shape index (κ1) is 15.4. The Morgan fingerprint density at radius 2 is 1.83 bits per heavy atom.